The average Bonchev–Trinajstić information content (AvgIpc) is 3.27. The maximum atomic E-state index is 13.3. The van der Waals surface area contributed by atoms with Crippen molar-refractivity contribution in [3.8, 4) is 5.75 Å². The molecule has 0 aliphatic carbocycles. The Morgan fingerprint density at radius 3 is 2.58 bits per heavy atom. The molecule has 1 atom stereocenters. The number of amides is 2. The Morgan fingerprint density at radius 2 is 1.97 bits per heavy atom. The van der Waals surface area contributed by atoms with Gasteiger partial charge in [0.25, 0.3) is 5.91 Å². The molecule has 0 spiro atoms. The summed E-state index contributed by atoms with van der Waals surface area (Å²) in [5.41, 5.74) is -0.139. The molecule has 1 aliphatic rings. The van der Waals surface area contributed by atoms with Gasteiger partial charge < -0.3 is 19.7 Å². The number of carbonyl (C=O) groups excluding carboxylic acids is 3. The summed E-state index contributed by atoms with van der Waals surface area (Å²) < 4.78 is 64.6. The minimum atomic E-state index is -4.69. The van der Waals surface area contributed by atoms with Crippen molar-refractivity contribution in [3.63, 3.8) is 0 Å². The van der Waals surface area contributed by atoms with Crippen LogP contribution in [0.5, 0.6) is 5.75 Å². The topological polar surface area (TPSA) is 131 Å². The third kappa shape index (κ3) is 6.69. The molecule has 2 heterocycles. The first kappa shape index (κ1) is 27.8. The Bertz CT molecular complexity index is 1240. The first-order valence-corrected chi connectivity index (χ1v) is 13.2. The number of anilines is 1. The molecule has 3 rings (SSSR count). The number of hydrogen-bond donors (Lipinski definition) is 2. The summed E-state index contributed by atoms with van der Waals surface area (Å²) in [6.45, 7) is -3.72. The monoisotopic (exact) mass is 565 g/mol. The molecular formula is C21H22ClF2N3O7S2. The number of nitrogens with one attached hydrogen (secondary N) is 2. The highest BCUT2D eigenvalue weighted by atomic mass is 35.5. The number of methoxy groups -OCH3 is 1. The van der Waals surface area contributed by atoms with E-state index in [1.54, 1.807) is 0 Å². The molecule has 2 amide bonds. The Morgan fingerprint density at radius 1 is 1.22 bits per heavy atom. The largest absolute Gasteiger partial charge is 0.468 e. The van der Waals surface area contributed by atoms with Gasteiger partial charge in [-0.05, 0) is 37.1 Å². The number of para-hydroxylation sites is 1. The quantitative estimate of drug-likeness (QED) is 0.423. The van der Waals surface area contributed by atoms with E-state index in [1.807, 2.05) is 0 Å². The predicted molar refractivity (Wildman–Crippen MR) is 127 cm³/mol. The van der Waals surface area contributed by atoms with E-state index in [9.17, 15) is 31.6 Å². The van der Waals surface area contributed by atoms with Gasteiger partial charge in [0.15, 0.2) is 5.75 Å². The van der Waals surface area contributed by atoms with Gasteiger partial charge in [-0.2, -0.15) is 13.5 Å². The van der Waals surface area contributed by atoms with Crippen LogP contribution in [-0.2, 0) is 24.3 Å². The SMILES string of the molecule is COC(=O)C(CNC(=O)c1ccc(Cl)s1)NS(=O)(=O)c1cccc(N2CCCCC2=O)c1OC(F)F. The van der Waals surface area contributed by atoms with Gasteiger partial charge >= 0.3 is 12.6 Å². The number of hydrogen-bond acceptors (Lipinski definition) is 8. The van der Waals surface area contributed by atoms with Crippen LogP contribution in [0.1, 0.15) is 28.9 Å². The van der Waals surface area contributed by atoms with Gasteiger partial charge in [-0.15, -0.1) is 11.3 Å². The van der Waals surface area contributed by atoms with Crippen LogP contribution >= 0.6 is 22.9 Å². The van der Waals surface area contributed by atoms with Crippen LogP contribution in [0, 0.1) is 0 Å². The number of rotatable bonds is 10. The molecule has 0 radical (unpaired) electrons. The van der Waals surface area contributed by atoms with Crippen LogP contribution in [0.15, 0.2) is 35.2 Å². The first-order valence-electron chi connectivity index (χ1n) is 10.6. The zero-order chi connectivity index (χ0) is 26.5. The normalized spacial score (nSPS) is 15.0. The van der Waals surface area contributed by atoms with Gasteiger partial charge in [-0.3, -0.25) is 14.4 Å². The molecule has 196 valence electrons. The lowest BCUT2D eigenvalue weighted by atomic mass is 10.1. The highest BCUT2D eigenvalue weighted by Crippen LogP contribution is 2.38. The van der Waals surface area contributed by atoms with Gasteiger partial charge in [-0.25, -0.2) is 8.42 Å². The molecule has 36 heavy (non-hydrogen) atoms. The van der Waals surface area contributed by atoms with Crippen molar-refractivity contribution in [2.24, 2.45) is 0 Å². The van der Waals surface area contributed by atoms with E-state index in [2.05, 4.69) is 19.5 Å². The zero-order valence-electron chi connectivity index (χ0n) is 18.8. The fourth-order valence-electron chi connectivity index (χ4n) is 3.48. The lowest BCUT2D eigenvalue weighted by Crippen LogP contribution is -2.48. The second-order valence-electron chi connectivity index (χ2n) is 7.50. The summed E-state index contributed by atoms with van der Waals surface area (Å²) in [5, 5.41) is 2.40. The minimum Gasteiger partial charge on any atom is -0.468 e. The Balaban J connectivity index is 1.91. The van der Waals surface area contributed by atoms with Gasteiger partial charge in [0, 0.05) is 19.5 Å². The lowest BCUT2D eigenvalue weighted by Gasteiger charge is -2.29. The standard InChI is InChI=1S/C21H22ClF2N3O7S2/c1-33-20(30)12(11-25-19(29)14-8-9-16(22)35-14)26-36(31,32)15-6-4-5-13(18(15)34-21(23)24)27-10-3-2-7-17(27)28/h4-6,8-9,12,21,26H,2-3,7,10-11H2,1H3,(H,25,29). The summed E-state index contributed by atoms with van der Waals surface area (Å²) >= 11 is 6.78. The van der Waals surface area contributed by atoms with Crippen molar-refractivity contribution in [3.05, 3.63) is 39.5 Å². The molecule has 1 fully saturated rings. The number of alkyl halides is 2. The van der Waals surface area contributed by atoms with E-state index in [0.29, 0.717) is 17.2 Å². The second kappa shape index (κ2) is 12.0. The third-order valence-electron chi connectivity index (χ3n) is 5.12. The van der Waals surface area contributed by atoms with Crippen molar-refractivity contribution in [1.82, 2.24) is 10.0 Å². The molecule has 1 aliphatic heterocycles. The predicted octanol–water partition coefficient (Wildman–Crippen LogP) is 2.77. The molecule has 1 unspecified atom stereocenters. The van der Waals surface area contributed by atoms with Crippen LogP contribution in [0.2, 0.25) is 4.34 Å². The maximum absolute atomic E-state index is 13.3. The summed E-state index contributed by atoms with van der Waals surface area (Å²) in [6, 6.07) is 4.88. The lowest BCUT2D eigenvalue weighted by molar-refractivity contribution is -0.142. The molecule has 10 nitrogen and oxygen atoms in total. The van der Waals surface area contributed by atoms with Gasteiger partial charge in [0.05, 0.1) is 22.0 Å². The van der Waals surface area contributed by atoms with Crippen molar-refractivity contribution in [1.29, 1.82) is 0 Å². The van der Waals surface area contributed by atoms with E-state index in [0.717, 1.165) is 24.5 Å². The molecule has 0 saturated carbocycles. The number of esters is 1. The molecule has 0 bridgehead atoms. The summed E-state index contributed by atoms with van der Waals surface area (Å²) in [4.78, 5) is 37.6. The van der Waals surface area contributed by atoms with E-state index >= 15 is 0 Å². The number of sulfonamides is 1. The smallest absolute Gasteiger partial charge is 0.387 e. The number of nitrogens with zero attached hydrogens (tertiary/aromatic N) is 1. The number of thiophene rings is 1. The van der Waals surface area contributed by atoms with E-state index < -0.39 is 51.7 Å². The molecule has 1 aromatic carbocycles. The fourth-order valence-corrected chi connectivity index (χ4v) is 5.78. The molecule has 1 saturated heterocycles. The third-order valence-corrected chi connectivity index (χ3v) is 7.84. The van der Waals surface area contributed by atoms with Crippen LogP contribution in [-0.4, -0.2) is 59.1 Å². The van der Waals surface area contributed by atoms with Gasteiger partial charge in [0.2, 0.25) is 15.9 Å². The number of benzene rings is 1. The summed E-state index contributed by atoms with van der Waals surface area (Å²) in [7, 11) is -3.68. The fraction of sp³-hybridized carbons (Fsp3) is 0.381. The van der Waals surface area contributed by atoms with Crippen molar-refractivity contribution < 1.29 is 41.1 Å². The summed E-state index contributed by atoms with van der Waals surface area (Å²) in [6.07, 6.45) is 1.38. The number of carbonyl (C=O) groups is 3. The molecule has 1 aromatic heterocycles. The van der Waals surface area contributed by atoms with E-state index in [1.165, 1.54) is 29.2 Å². The van der Waals surface area contributed by atoms with Crippen LogP contribution in [0.25, 0.3) is 0 Å². The highest BCUT2D eigenvalue weighted by Gasteiger charge is 2.33. The zero-order valence-corrected chi connectivity index (χ0v) is 21.2. The molecule has 15 heteroatoms. The number of piperidine rings is 1. The van der Waals surface area contributed by atoms with Gasteiger partial charge in [0.1, 0.15) is 10.9 Å². The molecule has 2 aromatic rings. The second-order valence-corrected chi connectivity index (χ2v) is 10.9. The molecule has 2 N–H and O–H groups in total. The first-order chi connectivity index (χ1) is 17.0. The van der Waals surface area contributed by atoms with Crippen molar-refractivity contribution in [2.45, 2.75) is 36.8 Å². The average molecular weight is 566 g/mol. The Hall–Kier alpha value is -2.81. The van der Waals surface area contributed by atoms with E-state index in [-0.39, 0.29) is 29.4 Å². The van der Waals surface area contributed by atoms with E-state index in [4.69, 9.17) is 11.6 Å². The van der Waals surface area contributed by atoms with Crippen LogP contribution in [0.3, 0.4) is 0 Å². The molecular weight excluding hydrogens is 544 g/mol. The maximum Gasteiger partial charge on any atom is 0.387 e. The van der Waals surface area contributed by atoms with Crippen LogP contribution in [0.4, 0.5) is 14.5 Å². The highest BCUT2D eigenvalue weighted by molar-refractivity contribution is 7.89. The number of halogens is 3. The van der Waals surface area contributed by atoms with Gasteiger partial charge in [-0.1, -0.05) is 17.7 Å². The Labute approximate surface area is 214 Å². The Kier molecular flexibility index (Phi) is 9.22. The number of ether oxygens (including phenoxy) is 2. The summed E-state index contributed by atoms with van der Waals surface area (Å²) in [5.74, 6) is -2.77. The van der Waals surface area contributed by atoms with Crippen LogP contribution < -0.4 is 19.7 Å². The van der Waals surface area contributed by atoms with Crippen molar-refractivity contribution in [2.75, 3.05) is 25.1 Å². The van der Waals surface area contributed by atoms with Crippen molar-refractivity contribution >= 4 is 56.4 Å². The minimum absolute atomic E-state index is 0.139.